The van der Waals surface area contributed by atoms with Gasteiger partial charge in [-0.15, -0.1) is 0 Å². The van der Waals surface area contributed by atoms with Crippen molar-refractivity contribution in [1.82, 2.24) is 0 Å². The van der Waals surface area contributed by atoms with Crippen molar-refractivity contribution in [2.45, 2.75) is 125 Å². The lowest BCUT2D eigenvalue weighted by Crippen LogP contribution is -2.48. The van der Waals surface area contributed by atoms with Crippen LogP contribution in [0.1, 0.15) is 119 Å². The smallest absolute Gasteiger partial charge is 0.302 e. The van der Waals surface area contributed by atoms with Crippen LogP contribution in [0, 0.1) is 46.3 Å². The summed E-state index contributed by atoms with van der Waals surface area (Å²) in [7, 11) is 0. The number of hydrogen-bond acceptors (Lipinski definition) is 2. The van der Waals surface area contributed by atoms with Gasteiger partial charge in [0.15, 0.2) is 0 Å². The zero-order valence-electron chi connectivity index (χ0n) is 22.1. The molecule has 0 radical (unpaired) electrons. The molecule has 0 aromatic heterocycles. The molecule has 2 heteroatoms. The van der Waals surface area contributed by atoms with E-state index < -0.39 is 0 Å². The molecule has 4 aliphatic rings. The lowest BCUT2D eigenvalue weighted by molar-refractivity contribution is -0.152. The first-order chi connectivity index (χ1) is 15.1. The van der Waals surface area contributed by atoms with Gasteiger partial charge in [0.1, 0.15) is 6.10 Å². The fraction of sp³-hybridized carbons (Fsp3) is 0.900. The molecule has 0 aromatic carbocycles. The Bertz CT molecular complexity index is 735. The molecule has 0 bridgehead atoms. The molecular formula is C30H50O2. The van der Waals surface area contributed by atoms with Crippen molar-refractivity contribution in [2.24, 2.45) is 46.3 Å². The lowest BCUT2D eigenvalue weighted by atomic mass is 9.48. The summed E-state index contributed by atoms with van der Waals surface area (Å²) in [6.07, 6.45) is 14.6. The maximum absolute atomic E-state index is 11.5. The summed E-state index contributed by atoms with van der Waals surface area (Å²) < 4.78 is 5.65. The molecular weight excluding hydrogens is 392 g/mol. The van der Waals surface area contributed by atoms with Gasteiger partial charge in [0.2, 0.25) is 0 Å². The van der Waals surface area contributed by atoms with Gasteiger partial charge < -0.3 is 4.74 Å². The highest BCUT2D eigenvalue weighted by atomic mass is 16.5. The van der Waals surface area contributed by atoms with Crippen LogP contribution in [0.4, 0.5) is 0 Å². The third kappa shape index (κ3) is 4.22. The minimum Gasteiger partial charge on any atom is -0.463 e. The summed E-state index contributed by atoms with van der Waals surface area (Å²) in [4.78, 5) is 11.5. The first kappa shape index (κ1) is 24.3. The fourth-order valence-electron chi connectivity index (χ4n) is 8.80. The van der Waals surface area contributed by atoms with Crippen LogP contribution in [-0.4, -0.2) is 12.1 Å². The summed E-state index contributed by atoms with van der Waals surface area (Å²) in [5, 5.41) is 0. The van der Waals surface area contributed by atoms with Crippen molar-refractivity contribution >= 4 is 5.97 Å². The molecule has 0 unspecified atom stereocenters. The first-order valence-electron chi connectivity index (χ1n) is 14.0. The van der Waals surface area contributed by atoms with E-state index in [1.165, 1.54) is 57.8 Å². The molecule has 0 N–H and O–H groups in total. The van der Waals surface area contributed by atoms with E-state index in [0.717, 1.165) is 48.3 Å². The van der Waals surface area contributed by atoms with Crippen molar-refractivity contribution in [3.8, 4) is 0 Å². The molecule has 3 fully saturated rings. The Kier molecular flexibility index (Phi) is 6.92. The van der Waals surface area contributed by atoms with E-state index in [1.54, 1.807) is 6.92 Å². The summed E-state index contributed by atoms with van der Waals surface area (Å²) in [5.41, 5.74) is 4.69. The van der Waals surface area contributed by atoms with Gasteiger partial charge in [0.25, 0.3) is 0 Å². The maximum Gasteiger partial charge on any atom is 0.302 e. The van der Waals surface area contributed by atoms with Crippen molar-refractivity contribution in [3.63, 3.8) is 0 Å². The van der Waals surface area contributed by atoms with Crippen LogP contribution in [0.5, 0.6) is 0 Å². The molecule has 0 heterocycles. The quantitative estimate of drug-likeness (QED) is 0.305. The molecule has 8 atom stereocenters. The molecule has 0 aliphatic heterocycles. The van der Waals surface area contributed by atoms with Crippen LogP contribution in [0.25, 0.3) is 0 Å². The number of fused-ring (bicyclic) bond motifs is 4. The summed E-state index contributed by atoms with van der Waals surface area (Å²) in [6, 6.07) is 0. The third-order valence-electron chi connectivity index (χ3n) is 11.3. The number of ether oxygens (including phenoxy) is 1. The molecule has 4 rings (SSSR count). The highest BCUT2D eigenvalue weighted by molar-refractivity contribution is 5.66. The molecule has 32 heavy (non-hydrogen) atoms. The monoisotopic (exact) mass is 442 g/mol. The Morgan fingerprint density at radius 1 is 1.00 bits per heavy atom. The number of esters is 1. The largest absolute Gasteiger partial charge is 0.463 e. The van der Waals surface area contributed by atoms with E-state index in [9.17, 15) is 4.79 Å². The Labute approximate surface area is 198 Å². The zero-order valence-corrected chi connectivity index (χ0v) is 22.1. The van der Waals surface area contributed by atoms with Gasteiger partial charge in [-0.25, -0.2) is 0 Å². The maximum atomic E-state index is 11.5. The minimum absolute atomic E-state index is 0.0976. The second-order valence-corrected chi connectivity index (χ2v) is 13.2. The Morgan fingerprint density at radius 3 is 2.44 bits per heavy atom. The van der Waals surface area contributed by atoms with Crippen LogP contribution >= 0.6 is 0 Å². The van der Waals surface area contributed by atoms with E-state index in [-0.39, 0.29) is 12.1 Å². The second-order valence-electron chi connectivity index (χ2n) is 13.2. The van der Waals surface area contributed by atoms with Crippen LogP contribution in [0.15, 0.2) is 11.1 Å². The summed E-state index contributed by atoms with van der Waals surface area (Å²) in [5.74, 6) is 4.81. The number of allylic oxidation sites excluding steroid dienone is 2. The summed E-state index contributed by atoms with van der Waals surface area (Å²) >= 11 is 0. The average Bonchev–Trinajstić information content (AvgIpc) is 3.08. The van der Waals surface area contributed by atoms with E-state index in [4.69, 9.17) is 4.74 Å². The predicted molar refractivity (Wildman–Crippen MR) is 133 cm³/mol. The van der Waals surface area contributed by atoms with Gasteiger partial charge in [-0.1, -0.05) is 65.5 Å². The number of carbonyl (C=O) groups excluding carboxylic acids is 1. The Balaban J connectivity index is 1.50. The van der Waals surface area contributed by atoms with E-state index >= 15 is 0 Å². The van der Waals surface area contributed by atoms with Crippen molar-refractivity contribution in [3.05, 3.63) is 11.1 Å². The third-order valence-corrected chi connectivity index (χ3v) is 11.3. The molecule has 0 amide bonds. The van der Waals surface area contributed by atoms with Gasteiger partial charge in [-0.3, -0.25) is 4.79 Å². The minimum atomic E-state index is -0.0976. The average molecular weight is 443 g/mol. The van der Waals surface area contributed by atoms with Crippen LogP contribution in [-0.2, 0) is 9.53 Å². The molecule has 2 nitrogen and oxygen atoms in total. The predicted octanol–water partition coefficient (Wildman–Crippen LogP) is 8.35. The fourth-order valence-corrected chi connectivity index (χ4v) is 8.80. The summed E-state index contributed by atoms with van der Waals surface area (Å²) in [6.45, 7) is 16.6. The highest BCUT2D eigenvalue weighted by Gasteiger charge is 2.55. The molecule has 3 saturated carbocycles. The number of rotatable bonds is 6. The lowest BCUT2D eigenvalue weighted by Gasteiger charge is -2.57. The van der Waals surface area contributed by atoms with E-state index in [2.05, 4.69) is 41.5 Å². The van der Waals surface area contributed by atoms with E-state index in [0.29, 0.717) is 10.8 Å². The van der Waals surface area contributed by atoms with Crippen molar-refractivity contribution in [1.29, 1.82) is 0 Å². The molecule has 0 saturated heterocycles. The van der Waals surface area contributed by atoms with E-state index in [1.807, 2.05) is 11.1 Å². The SMILES string of the molecule is CC(=O)O[C@H]1CC[C@@]2(C)[C@@H](CCC3=C4CC[C@H]([C@H](C)CC[C@H](C)C(C)C)[C@@]4(C)CC[C@@H]32)C1. The van der Waals surface area contributed by atoms with Crippen LogP contribution < -0.4 is 0 Å². The van der Waals surface area contributed by atoms with Gasteiger partial charge >= 0.3 is 5.97 Å². The van der Waals surface area contributed by atoms with Crippen molar-refractivity contribution in [2.75, 3.05) is 0 Å². The number of hydrogen-bond donors (Lipinski definition) is 0. The molecule has 0 spiro atoms. The van der Waals surface area contributed by atoms with Gasteiger partial charge in [-0.2, -0.15) is 0 Å². The van der Waals surface area contributed by atoms with Crippen molar-refractivity contribution < 1.29 is 9.53 Å². The molecule has 182 valence electrons. The Hall–Kier alpha value is -0.790. The first-order valence-corrected chi connectivity index (χ1v) is 14.0. The normalized spacial score (nSPS) is 41.0. The standard InChI is InChI=1S/C30H50O2/c1-19(2)20(3)8-9-21(4)26-12-13-27-25-11-10-23-18-24(32-22(5)31)14-16-29(23,6)28(25)15-17-30(26,27)7/h19-21,23-24,26,28H,8-18H2,1-7H3/t20-,21+,23-,24-,26+,28-,29-,30+/m0/s1. The zero-order chi connectivity index (χ0) is 23.3. The Morgan fingerprint density at radius 2 is 1.75 bits per heavy atom. The topological polar surface area (TPSA) is 26.3 Å². The van der Waals surface area contributed by atoms with Crippen LogP contribution in [0.2, 0.25) is 0 Å². The highest BCUT2D eigenvalue weighted by Crippen LogP contribution is 2.66. The van der Waals surface area contributed by atoms with Gasteiger partial charge in [0.05, 0.1) is 0 Å². The van der Waals surface area contributed by atoms with Gasteiger partial charge in [0, 0.05) is 6.92 Å². The van der Waals surface area contributed by atoms with Crippen LogP contribution in [0.3, 0.4) is 0 Å². The number of carbonyl (C=O) groups is 1. The molecule has 0 aromatic rings. The molecule has 4 aliphatic carbocycles. The van der Waals surface area contributed by atoms with Gasteiger partial charge in [-0.05, 0) is 104 Å². The second kappa shape index (κ2) is 9.10.